The smallest absolute Gasteiger partial charge is 0.295 e. The lowest BCUT2D eigenvalue weighted by molar-refractivity contribution is -0.774. The molecule has 0 radical (unpaired) electrons. The summed E-state index contributed by atoms with van der Waals surface area (Å²) in [6.07, 6.45) is 2.31. The second kappa shape index (κ2) is 12.8. The summed E-state index contributed by atoms with van der Waals surface area (Å²) >= 11 is 0. The third-order valence-corrected chi connectivity index (χ3v) is 4.82. The maximum Gasteiger partial charge on any atom is 0.295 e. The molecule has 0 aromatic heterocycles. The van der Waals surface area contributed by atoms with Gasteiger partial charge in [-0.1, -0.05) is 0 Å². The summed E-state index contributed by atoms with van der Waals surface area (Å²) in [5.74, 6) is -0.880. The average Bonchev–Trinajstić information content (AvgIpc) is 2.68. The molecule has 0 aromatic rings. The fraction of sp³-hybridized carbons (Fsp3) is 0.882. The van der Waals surface area contributed by atoms with Crippen LogP contribution in [0.25, 0.3) is 0 Å². The number of piperidine rings is 2. The Morgan fingerprint density at radius 2 is 1.39 bits per heavy atom. The Bertz CT molecular complexity index is 620. The van der Waals surface area contributed by atoms with Gasteiger partial charge in [0.1, 0.15) is 0 Å². The van der Waals surface area contributed by atoms with Gasteiger partial charge in [-0.25, -0.2) is 0 Å². The molecule has 2 aliphatic heterocycles. The lowest BCUT2D eigenvalue weighted by Gasteiger charge is -2.28. The van der Waals surface area contributed by atoms with Crippen LogP contribution in [-0.2, 0) is 19.3 Å². The van der Waals surface area contributed by atoms with Crippen LogP contribution in [0.3, 0.4) is 0 Å². The molecular formula is C17H32N6O8. The molecule has 0 aromatic carbocycles. The quantitative estimate of drug-likeness (QED) is 0.273. The van der Waals surface area contributed by atoms with E-state index in [2.05, 4.69) is 30.9 Å². The van der Waals surface area contributed by atoms with E-state index < -0.39 is 33.7 Å². The van der Waals surface area contributed by atoms with Crippen molar-refractivity contribution in [1.29, 1.82) is 0 Å². The number of rotatable bonds is 8. The predicted molar refractivity (Wildman–Crippen MR) is 108 cm³/mol. The number of amides is 2. The molecule has 2 rings (SSSR count). The lowest BCUT2D eigenvalue weighted by atomic mass is 10.0. The van der Waals surface area contributed by atoms with Gasteiger partial charge in [-0.05, 0) is 72.6 Å². The van der Waals surface area contributed by atoms with E-state index in [1.807, 2.05) is 0 Å². The molecule has 14 heteroatoms. The summed E-state index contributed by atoms with van der Waals surface area (Å²) in [6, 6.07) is 0.167. The summed E-state index contributed by atoms with van der Waals surface area (Å²) in [5, 5.41) is 30.1. The first-order valence-corrected chi connectivity index (χ1v) is 10.2. The van der Waals surface area contributed by atoms with E-state index in [0.717, 1.165) is 51.9 Å². The van der Waals surface area contributed by atoms with E-state index in [9.17, 15) is 29.8 Å². The summed E-state index contributed by atoms with van der Waals surface area (Å²) in [7, 11) is 0. The Morgan fingerprint density at radius 1 is 0.935 bits per heavy atom. The third-order valence-electron chi connectivity index (χ3n) is 4.82. The predicted octanol–water partition coefficient (Wildman–Crippen LogP) is -0.707. The van der Waals surface area contributed by atoms with Crippen molar-refractivity contribution in [3.8, 4) is 0 Å². The van der Waals surface area contributed by atoms with Gasteiger partial charge in [0, 0.05) is 12.1 Å². The molecule has 1 atom stereocenters. The second-order valence-electron chi connectivity index (χ2n) is 7.83. The van der Waals surface area contributed by atoms with Crippen molar-refractivity contribution >= 4 is 11.8 Å². The number of hydrogen-bond donors (Lipinski definition) is 4. The van der Waals surface area contributed by atoms with Crippen molar-refractivity contribution in [1.82, 2.24) is 21.3 Å². The second-order valence-corrected chi connectivity index (χ2v) is 7.83. The van der Waals surface area contributed by atoms with Crippen LogP contribution in [0.4, 0.5) is 0 Å². The van der Waals surface area contributed by atoms with E-state index in [1.165, 1.54) is 20.8 Å². The van der Waals surface area contributed by atoms with Gasteiger partial charge < -0.3 is 26.1 Å². The van der Waals surface area contributed by atoms with Crippen LogP contribution in [0.15, 0.2) is 0 Å². The molecule has 0 aliphatic carbocycles. The summed E-state index contributed by atoms with van der Waals surface area (Å²) in [5.41, 5.74) is -1.44. The van der Waals surface area contributed by atoms with Gasteiger partial charge in [0.25, 0.3) is 16.1 Å². The van der Waals surface area contributed by atoms with Crippen LogP contribution in [0.1, 0.15) is 46.5 Å². The zero-order valence-electron chi connectivity index (χ0n) is 18.0. The molecule has 0 bridgehead atoms. The highest BCUT2D eigenvalue weighted by molar-refractivity contribution is 5.84. The normalized spacial score (nSPS) is 18.5. The maximum atomic E-state index is 11.7. The summed E-state index contributed by atoms with van der Waals surface area (Å²) in [6.45, 7) is 7.53. The molecule has 31 heavy (non-hydrogen) atoms. The largest absolute Gasteiger partial charge is 0.351 e. The SMILES string of the molecule is CC(C)(O[N+](=O)[O-])C(=O)NC1CCNCC1.CC(O[N+](=O)[O-])C(=O)NC1CCNCC1. The molecule has 2 saturated heterocycles. The molecule has 2 aliphatic rings. The number of carbonyl (C=O) groups excluding carboxylic acids is 2. The van der Waals surface area contributed by atoms with Crippen molar-refractivity contribution in [2.24, 2.45) is 0 Å². The van der Waals surface area contributed by atoms with Crippen LogP contribution in [-0.4, -0.2) is 72.0 Å². The summed E-state index contributed by atoms with van der Waals surface area (Å²) < 4.78 is 0. The molecule has 1 unspecified atom stereocenters. The highest BCUT2D eigenvalue weighted by atomic mass is 17.0. The number of nitrogens with one attached hydrogen (secondary N) is 4. The van der Waals surface area contributed by atoms with Gasteiger partial charge >= 0.3 is 0 Å². The highest BCUT2D eigenvalue weighted by Gasteiger charge is 2.33. The van der Waals surface area contributed by atoms with Gasteiger partial charge in [0.2, 0.25) is 5.91 Å². The van der Waals surface area contributed by atoms with Gasteiger partial charge in [0.15, 0.2) is 11.7 Å². The number of nitrogens with zero attached hydrogens (tertiary/aromatic N) is 2. The fourth-order valence-corrected chi connectivity index (χ4v) is 3.02. The maximum absolute atomic E-state index is 11.7. The number of hydrogen-bond acceptors (Lipinski definition) is 10. The number of carbonyl (C=O) groups is 2. The Kier molecular flexibility index (Phi) is 10.9. The van der Waals surface area contributed by atoms with E-state index >= 15 is 0 Å². The topological polar surface area (TPSA) is 187 Å². The van der Waals surface area contributed by atoms with Gasteiger partial charge in [-0.3, -0.25) is 14.4 Å². The van der Waals surface area contributed by atoms with E-state index in [0.29, 0.717) is 0 Å². The van der Waals surface area contributed by atoms with Crippen LogP contribution in [0.5, 0.6) is 0 Å². The monoisotopic (exact) mass is 448 g/mol. The van der Waals surface area contributed by atoms with Crippen LogP contribution >= 0.6 is 0 Å². The third kappa shape index (κ3) is 10.7. The highest BCUT2D eigenvalue weighted by Crippen LogP contribution is 2.11. The first-order valence-electron chi connectivity index (χ1n) is 10.2. The van der Waals surface area contributed by atoms with Crippen molar-refractivity contribution < 1.29 is 29.4 Å². The Hall–Kier alpha value is -2.74. The Morgan fingerprint density at radius 3 is 1.81 bits per heavy atom. The molecule has 4 N–H and O–H groups in total. The minimum atomic E-state index is -1.44. The molecule has 2 heterocycles. The molecular weight excluding hydrogens is 416 g/mol. The lowest BCUT2D eigenvalue weighted by Crippen LogP contribution is -2.51. The minimum Gasteiger partial charge on any atom is -0.351 e. The van der Waals surface area contributed by atoms with Crippen molar-refractivity contribution in [3.05, 3.63) is 20.2 Å². The van der Waals surface area contributed by atoms with E-state index in [4.69, 9.17) is 0 Å². The first kappa shape index (κ1) is 26.3. The molecule has 14 nitrogen and oxygen atoms in total. The fourth-order valence-electron chi connectivity index (χ4n) is 3.02. The van der Waals surface area contributed by atoms with Crippen LogP contribution < -0.4 is 21.3 Å². The molecule has 0 spiro atoms. The van der Waals surface area contributed by atoms with Crippen LogP contribution in [0, 0.1) is 20.2 Å². The van der Waals surface area contributed by atoms with Crippen molar-refractivity contribution in [3.63, 3.8) is 0 Å². The molecule has 2 fully saturated rings. The van der Waals surface area contributed by atoms with Gasteiger partial charge in [-0.15, -0.1) is 20.2 Å². The van der Waals surface area contributed by atoms with Crippen molar-refractivity contribution in [2.45, 2.75) is 70.2 Å². The van der Waals surface area contributed by atoms with Gasteiger partial charge in [-0.2, -0.15) is 0 Å². The Labute approximate surface area is 180 Å². The Balaban J connectivity index is 0.000000311. The van der Waals surface area contributed by atoms with Gasteiger partial charge in [0.05, 0.1) is 0 Å². The zero-order chi connectivity index (χ0) is 23.4. The van der Waals surface area contributed by atoms with Crippen molar-refractivity contribution in [2.75, 3.05) is 26.2 Å². The standard InChI is InChI=1S/C9H17N3O4.C8H15N3O4/c1-9(2,16-12(14)15)8(13)11-7-3-5-10-6-4-7;1-6(15-11(13)14)8(12)10-7-2-4-9-5-3-7/h7,10H,3-6H2,1-2H3,(H,11,13);6-7,9H,2-5H2,1H3,(H,10,12). The van der Waals surface area contributed by atoms with E-state index in [1.54, 1.807) is 0 Å². The minimum absolute atomic E-state index is 0.0726. The summed E-state index contributed by atoms with van der Waals surface area (Å²) in [4.78, 5) is 51.8. The average molecular weight is 448 g/mol. The zero-order valence-corrected chi connectivity index (χ0v) is 18.0. The first-order chi connectivity index (χ1) is 14.5. The molecule has 2 amide bonds. The van der Waals surface area contributed by atoms with Crippen LogP contribution in [0.2, 0.25) is 0 Å². The molecule has 178 valence electrons. The van der Waals surface area contributed by atoms with E-state index in [-0.39, 0.29) is 12.1 Å². The molecule has 0 saturated carbocycles.